The summed E-state index contributed by atoms with van der Waals surface area (Å²) < 4.78 is 43.6. The maximum Gasteiger partial charge on any atom is 0.490 e. The molecule has 3 heterocycles. The van der Waals surface area contributed by atoms with Crippen molar-refractivity contribution in [2.75, 3.05) is 46.0 Å². The number of carboxylic acid groups (broad SMARTS) is 1. The van der Waals surface area contributed by atoms with Gasteiger partial charge in [0.15, 0.2) is 6.61 Å². The average molecular weight is 517 g/mol. The number of likely N-dealkylation sites (tertiary alicyclic amines) is 2. The van der Waals surface area contributed by atoms with Gasteiger partial charge in [-0.05, 0) is 63.1 Å². The number of aliphatic hydroxyl groups excluding tert-OH is 1. The number of amides is 1. The Morgan fingerprint density at radius 1 is 1.17 bits per heavy atom. The molecule has 3 aliphatic heterocycles. The molecule has 36 heavy (non-hydrogen) atoms. The first-order valence-electron chi connectivity index (χ1n) is 12.3. The SMILES string of the molecule is Cc1ccc(OCC(=O)N2CCC3(CC2)COC(CN2CCC[C@H]2CO)C3)cc1.O=C(O)C(F)(F)F. The topological polar surface area (TPSA) is 99.5 Å². The summed E-state index contributed by atoms with van der Waals surface area (Å²) in [7, 11) is 0. The van der Waals surface area contributed by atoms with Crippen LogP contribution in [0.2, 0.25) is 0 Å². The number of ether oxygens (including phenoxy) is 2. The summed E-state index contributed by atoms with van der Waals surface area (Å²) in [4.78, 5) is 25.8. The van der Waals surface area contributed by atoms with Gasteiger partial charge in [0.25, 0.3) is 5.91 Å². The number of aryl methyl sites for hydroxylation is 1. The van der Waals surface area contributed by atoms with Crippen molar-refractivity contribution in [3.63, 3.8) is 0 Å². The third-order valence-corrected chi connectivity index (χ3v) is 7.24. The summed E-state index contributed by atoms with van der Waals surface area (Å²) in [6.45, 7) is 6.76. The number of hydrogen-bond donors (Lipinski definition) is 2. The van der Waals surface area contributed by atoms with Gasteiger partial charge in [0.1, 0.15) is 5.75 Å². The zero-order valence-electron chi connectivity index (χ0n) is 20.5. The number of piperidine rings is 1. The number of nitrogens with zero attached hydrogens (tertiary/aromatic N) is 2. The summed E-state index contributed by atoms with van der Waals surface area (Å²) in [6.07, 6.45) is 0.519. The van der Waals surface area contributed by atoms with E-state index in [0.717, 1.165) is 64.2 Å². The Kier molecular flexibility index (Phi) is 9.59. The molecule has 1 aromatic rings. The Morgan fingerprint density at radius 2 is 1.81 bits per heavy atom. The van der Waals surface area contributed by atoms with Crippen molar-refractivity contribution in [3.05, 3.63) is 29.8 Å². The highest BCUT2D eigenvalue weighted by molar-refractivity contribution is 5.77. The number of rotatable bonds is 6. The van der Waals surface area contributed by atoms with E-state index < -0.39 is 12.1 Å². The highest BCUT2D eigenvalue weighted by Crippen LogP contribution is 2.42. The molecule has 1 aromatic carbocycles. The molecule has 3 aliphatic rings. The predicted molar refractivity (Wildman–Crippen MR) is 125 cm³/mol. The van der Waals surface area contributed by atoms with Crippen LogP contribution in [0.15, 0.2) is 24.3 Å². The number of carboxylic acids is 1. The maximum atomic E-state index is 12.5. The molecular formula is C25H35F3N2O6. The van der Waals surface area contributed by atoms with Crippen LogP contribution in [0.3, 0.4) is 0 Å². The van der Waals surface area contributed by atoms with E-state index in [1.807, 2.05) is 36.1 Å². The molecule has 0 saturated carbocycles. The lowest BCUT2D eigenvalue weighted by atomic mass is 9.76. The first-order valence-corrected chi connectivity index (χ1v) is 12.3. The van der Waals surface area contributed by atoms with E-state index in [2.05, 4.69) is 4.90 Å². The Bertz CT molecular complexity index is 872. The fraction of sp³-hybridized carbons (Fsp3) is 0.680. The second kappa shape index (κ2) is 12.2. The van der Waals surface area contributed by atoms with E-state index in [-0.39, 0.29) is 30.6 Å². The monoisotopic (exact) mass is 516 g/mol. The molecule has 4 rings (SSSR count). The van der Waals surface area contributed by atoms with Crippen LogP contribution >= 0.6 is 0 Å². The summed E-state index contributed by atoms with van der Waals surface area (Å²) in [6, 6.07) is 8.11. The molecule has 1 spiro atoms. The first kappa shape index (κ1) is 28.2. The summed E-state index contributed by atoms with van der Waals surface area (Å²) in [5.74, 6) is -1.95. The molecule has 3 saturated heterocycles. The minimum atomic E-state index is -5.08. The van der Waals surface area contributed by atoms with Gasteiger partial charge in [-0.25, -0.2) is 4.79 Å². The first-order chi connectivity index (χ1) is 17.0. The van der Waals surface area contributed by atoms with Crippen LogP contribution in [0, 0.1) is 12.3 Å². The third kappa shape index (κ3) is 7.81. The van der Waals surface area contributed by atoms with E-state index in [0.29, 0.717) is 6.04 Å². The van der Waals surface area contributed by atoms with Crippen LogP contribution in [0.5, 0.6) is 5.75 Å². The zero-order valence-corrected chi connectivity index (χ0v) is 20.5. The fourth-order valence-corrected chi connectivity index (χ4v) is 5.07. The Balaban J connectivity index is 0.000000454. The van der Waals surface area contributed by atoms with E-state index in [4.69, 9.17) is 19.4 Å². The van der Waals surface area contributed by atoms with Crippen molar-refractivity contribution in [2.24, 2.45) is 5.41 Å². The normalized spacial score (nSPS) is 23.9. The van der Waals surface area contributed by atoms with E-state index in [1.54, 1.807) is 0 Å². The lowest BCUT2D eigenvalue weighted by molar-refractivity contribution is -0.192. The Hall–Kier alpha value is -2.37. The number of aliphatic carboxylic acids is 1. The van der Waals surface area contributed by atoms with E-state index in [1.165, 1.54) is 12.0 Å². The lowest BCUT2D eigenvalue weighted by Gasteiger charge is -2.38. The number of alkyl halides is 3. The molecule has 2 N–H and O–H groups in total. The molecule has 0 radical (unpaired) electrons. The second-order valence-corrected chi connectivity index (χ2v) is 9.90. The van der Waals surface area contributed by atoms with Crippen molar-refractivity contribution < 1.29 is 42.4 Å². The van der Waals surface area contributed by atoms with Crippen molar-refractivity contribution in [1.82, 2.24) is 9.80 Å². The van der Waals surface area contributed by atoms with Crippen LogP contribution in [-0.2, 0) is 14.3 Å². The summed E-state index contributed by atoms with van der Waals surface area (Å²) in [5, 5.41) is 16.7. The van der Waals surface area contributed by atoms with Gasteiger partial charge in [0, 0.05) is 25.7 Å². The maximum absolute atomic E-state index is 12.5. The van der Waals surface area contributed by atoms with E-state index in [9.17, 15) is 23.1 Å². The average Bonchev–Trinajstić information content (AvgIpc) is 3.45. The largest absolute Gasteiger partial charge is 0.490 e. The van der Waals surface area contributed by atoms with Gasteiger partial charge < -0.3 is 24.6 Å². The number of carbonyl (C=O) groups excluding carboxylic acids is 1. The van der Waals surface area contributed by atoms with Crippen molar-refractivity contribution in [1.29, 1.82) is 0 Å². The van der Waals surface area contributed by atoms with Crippen molar-refractivity contribution >= 4 is 11.9 Å². The molecule has 0 aliphatic carbocycles. The zero-order chi connectivity index (χ0) is 26.3. The fourth-order valence-electron chi connectivity index (χ4n) is 5.07. The number of benzene rings is 1. The van der Waals surface area contributed by atoms with Gasteiger partial charge >= 0.3 is 12.1 Å². The number of aliphatic hydroxyl groups is 1. The van der Waals surface area contributed by atoms with Crippen LogP contribution in [0.1, 0.15) is 37.7 Å². The molecule has 3 fully saturated rings. The van der Waals surface area contributed by atoms with Gasteiger partial charge in [0.2, 0.25) is 0 Å². The lowest BCUT2D eigenvalue weighted by Crippen LogP contribution is -2.45. The molecule has 11 heteroatoms. The molecule has 8 nitrogen and oxygen atoms in total. The Morgan fingerprint density at radius 3 is 2.39 bits per heavy atom. The van der Waals surface area contributed by atoms with Gasteiger partial charge in [-0.2, -0.15) is 13.2 Å². The molecule has 1 amide bonds. The van der Waals surface area contributed by atoms with Crippen molar-refractivity contribution in [3.8, 4) is 5.75 Å². The molecule has 1 unspecified atom stereocenters. The molecule has 0 bridgehead atoms. The van der Waals surface area contributed by atoms with E-state index >= 15 is 0 Å². The van der Waals surface area contributed by atoms with Crippen LogP contribution in [0.25, 0.3) is 0 Å². The Labute approximate surface area is 209 Å². The van der Waals surface area contributed by atoms with Gasteiger partial charge in [-0.15, -0.1) is 0 Å². The standard InChI is InChI=1S/C23H34N2O4.C2HF3O2/c1-18-4-6-20(7-5-18)28-16-22(27)24-11-8-23(9-12-24)13-21(29-17-23)14-25-10-2-3-19(25)15-26;3-2(4,5)1(6)7/h4-7,19,21,26H,2-3,8-17H2,1H3;(H,6,7)/t19-,21?;/m0./s1. The smallest absolute Gasteiger partial charge is 0.484 e. The van der Waals surface area contributed by atoms with Crippen molar-refractivity contribution in [2.45, 2.75) is 57.3 Å². The minimum Gasteiger partial charge on any atom is -0.484 e. The number of carbonyl (C=O) groups is 2. The van der Waals surface area contributed by atoms with Crippen LogP contribution in [-0.4, -0.2) is 96.2 Å². The summed E-state index contributed by atoms with van der Waals surface area (Å²) in [5.41, 5.74) is 1.40. The van der Waals surface area contributed by atoms with Gasteiger partial charge in [-0.3, -0.25) is 9.69 Å². The van der Waals surface area contributed by atoms with Gasteiger partial charge in [-0.1, -0.05) is 17.7 Å². The van der Waals surface area contributed by atoms with Gasteiger partial charge in [0.05, 0.1) is 19.3 Å². The number of halogens is 3. The van der Waals surface area contributed by atoms with Crippen LogP contribution in [0.4, 0.5) is 13.2 Å². The highest BCUT2D eigenvalue weighted by Gasteiger charge is 2.44. The molecule has 0 aromatic heterocycles. The molecule has 2 atom stereocenters. The van der Waals surface area contributed by atoms with Crippen LogP contribution < -0.4 is 4.74 Å². The summed E-state index contributed by atoms with van der Waals surface area (Å²) >= 11 is 0. The quantitative estimate of drug-likeness (QED) is 0.600. The minimum absolute atomic E-state index is 0.0683. The number of hydrogen-bond acceptors (Lipinski definition) is 6. The third-order valence-electron chi connectivity index (χ3n) is 7.24. The predicted octanol–water partition coefficient (Wildman–Crippen LogP) is 2.86. The molecular weight excluding hydrogens is 481 g/mol. The highest BCUT2D eigenvalue weighted by atomic mass is 19.4. The molecule has 202 valence electrons. The second-order valence-electron chi connectivity index (χ2n) is 9.90.